The zero-order chi connectivity index (χ0) is 13.3. The van der Waals surface area contributed by atoms with E-state index in [1.807, 2.05) is 0 Å². The maximum atomic E-state index is 13.7. The van der Waals surface area contributed by atoms with Crippen molar-refractivity contribution in [2.45, 2.75) is 6.92 Å². The largest absolute Gasteiger partial charge is 0.478 e. The normalized spacial score (nSPS) is 10.4. The topological polar surface area (TPSA) is 37.3 Å². The van der Waals surface area contributed by atoms with Gasteiger partial charge >= 0.3 is 5.97 Å². The van der Waals surface area contributed by atoms with Crippen LogP contribution in [0.2, 0.25) is 0 Å². The number of hydrogen-bond donors (Lipinski definition) is 1. The summed E-state index contributed by atoms with van der Waals surface area (Å²) in [6.45, 7) is 1.62. The van der Waals surface area contributed by atoms with Gasteiger partial charge < -0.3 is 5.11 Å². The fourth-order valence-corrected chi connectivity index (χ4v) is 1.89. The van der Waals surface area contributed by atoms with Crippen molar-refractivity contribution in [3.63, 3.8) is 0 Å². The van der Waals surface area contributed by atoms with Crippen molar-refractivity contribution in [1.29, 1.82) is 0 Å². The molecule has 0 saturated heterocycles. The number of carboxylic acid groups (broad SMARTS) is 1. The molecule has 0 aliphatic heterocycles. The Morgan fingerprint density at radius 2 is 1.67 bits per heavy atom. The number of hydrogen-bond acceptors (Lipinski definition) is 1. The molecule has 0 bridgehead atoms. The van der Waals surface area contributed by atoms with Crippen LogP contribution < -0.4 is 0 Å². The predicted octanol–water partition coefficient (Wildman–Crippen LogP) is 3.64. The minimum absolute atomic E-state index is 0.0120. The molecule has 0 aliphatic carbocycles. The van der Waals surface area contributed by atoms with Crippen LogP contribution in [-0.2, 0) is 0 Å². The Balaban J connectivity index is 2.75. The van der Waals surface area contributed by atoms with Crippen molar-refractivity contribution in [2.24, 2.45) is 0 Å². The van der Waals surface area contributed by atoms with Crippen LogP contribution in [0.25, 0.3) is 11.1 Å². The smallest absolute Gasteiger partial charge is 0.336 e. The lowest BCUT2D eigenvalue weighted by molar-refractivity contribution is 0.0697. The lowest BCUT2D eigenvalue weighted by atomic mass is 9.95. The fourth-order valence-electron chi connectivity index (χ4n) is 1.89. The fraction of sp³-hybridized carbons (Fsp3) is 0.0714. The van der Waals surface area contributed by atoms with Gasteiger partial charge in [0.25, 0.3) is 0 Å². The molecule has 2 aromatic rings. The monoisotopic (exact) mass is 248 g/mol. The van der Waals surface area contributed by atoms with E-state index in [0.29, 0.717) is 5.56 Å². The average molecular weight is 248 g/mol. The molecule has 92 valence electrons. The number of carboxylic acids is 1. The first-order valence-electron chi connectivity index (χ1n) is 5.29. The molecule has 0 aliphatic rings. The molecule has 18 heavy (non-hydrogen) atoms. The van der Waals surface area contributed by atoms with Crippen LogP contribution in [0.15, 0.2) is 36.4 Å². The van der Waals surface area contributed by atoms with Gasteiger partial charge in [-0.3, -0.25) is 0 Å². The molecule has 2 aromatic carbocycles. The Bertz CT molecular complexity index is 621. The summed E-state index contributed by atoms with van der Waals surface area (Å²) in [6, 6.07) is 8.40. The summed E-state index contributed by atoms with van der Waals surface area (Å²) in [6.07, 6.45) is 0. The first-order chi connectivity index (χ1) is 8.52. The van der Waals surface area contributed by atoms with Gasteiger partial charge in [-0.1, -0.05) is 30.3 Å². The molecule has 0 aromatic heterocycles. The summed E-state index contributed by atoms with van der Waals surface area (Å²) >= 11 is 0. The van der Waals surface area contributed by atoms with E-state index in [9.17, 15) is 13.6 Å². The Hall–Kier alpha value is -2.23. The molecule has 0 saturated carbocycles. The highest BCUT2D eigenvalue weighted by molar-refractivity contribution is 5.97. The third-order valence-electron chi connectivity index (χ3n) is 2.73. The molecule has 2 rings (SSSR count). The van der Waals surface area contributed by atoms with Gasteiger partial charge in [-0.15, -0.1) is 0 Å². The summed E-state index contributed by atoms with van der Waals surface area (Å²) < 4.78 is 26.9. The SMILES string of the molecule is Cc1cccc(-c2cccc(F)c2F)c1C(=O)O. The molecule has 0 radical (unpaired) electrons. The highest BCUT2D eigenvalue weighted by Gasteiger charge is 2.18. The van der Waals surface area contributed by atoms with Crippen LogP contribution in [0.3, 0.4) is 0 Å². The van der Waals surface area contributed by atoms with Crippen LogP contribution in [0.1, 0.15) is 15.9 Å². The number of carbonyl (C=O) groups is 1. The zero-order valence-electron chi connectivity index (χ0n) is 9.58. The van der Waals surface area contributed by atoms with Crippen LogP contribution in [0.4, 0.5) is 8.78 Å². The summed E-state index contributed by atoms with van der Waals surface area (Å²) in [4.78, 5) is 11.2. The molecule has 0 fully saturated rings. The summed E-state index contributed by atoms with van der Waals surface area (Å²) in [5.41, 5.74) is 0.626. The van der Waals surface area contributed by atoms with Crippen molar-refractivity contribution in [2.75, 3.05) is 0 Å². The van der Waals surface area contributed by atoms with Crippen LogP contribution >= 0.6 is 0 Å². The van der Waals surface area contributed by atoms with Gasteiger partial charge in [0, 0.05) is 5.56 Å². The van der Waals surface area contributed by atoms with E-state index in [-0.39, 0.29) is 16.7 Å². The number of benzene rings is 2. The van der Waals surface area contributed by atoms with E-state index in [2.05, 4.69) is 0 Å². The van der Waals surface area contributed by atoms with Gasteiger partial charge in [0.15, 0.2) is 11.6 Å². The molecule has 0 unspecified atom stereocenters. The maximum absolute atomic E-state index is 13.7. The third-order valence-corrected chi connectivity index (χ3v) is 2.73. The van der Waals surface area contributed by atoms with Crippen LogP contribution in [0.5, 0.6) is 0 Å². The Morgan fingerprint density at radius 3 is 2.33 bits per heavy atom. The van der Waals surface area contributed by atoms with Gasteiger partial charge in [0.05, 0.1) is 5.56 Å². The molecular weight excluding hydrogens is 238 g/mol. The summed E-state index contributed by atoms with van der Waals surface area (Å²) in [5, 5.41) is 9.15. The van der Waals surface area contributed by atoms with Gasteiger partial charge in [0.1, 0.15) is 0 Å². The van der Waals surface area contributed by atoms with E-state index < -0.39 is 17.6 Å². The molecule has 0 spiro atoms. The van der Waals surface area contributed by atoms with E-state index in [4.69, 9.17) is 5.11 Å². The van der Waals surface area contributed by atoms with Crippen molar-refractivity contribution in [3.05, 3.63) is 59.2 Å². The Kier molecular flexibility index (Phi) is 3.10. The highest BCUT2D eigenvalue weighted by Crippen LogP contribution is 2.29. The van der Waals surface area contributed by atoms with Crippen molar-refractivity contribution < 1.29 is 18.7 Å². The second-order valence-corrected chi connectivity index (χ2v) is 3.90. The second-order valence-electron chi connectivity index (χ2n) is 3.90. The van der Waals surface area contributed by atoms with Gasteiger partial charge in [-0.2, -0.15) is 0 Å². The first kappa shape index (κ1) is 12.2. The number of aryl methyl sites for hydroxylation is 1. The Morgan fingerprint density at radius 1 is 1.06 bits per heavy atom. The minimum atomic E-state index is -1.16. The lowest BCUT2D eigenvalue weighted by Gasteiger charge is -2.10. The Labute approximate surface area is 103 Å². The molecular formula is C14H10F2O2. The van der Waals surface area contributed by atoms with Gasteiger partial charge in [-0.05, 0) is 24.1 Å². The van der Waals surface area contributed by atoms with E-state index in [1.165, 1.54) is 18.2 Å². The summed E-state index contributed by atoms with van der Waals surface area (Å²) in [5.74, 6) is -3.19. The van der Waals surface area contributed by atoms with Crippen LogP contribution in [0, 0.1) is 18.6 Å². The standard InChI is InChI=1S/C14H10F2O2/c1-8-4-2-5-9(12(8)14(17)18)10-6-3-7-11(15)13(10)16/h2-7H,1H3,(H,17,18). The minimum Gasteiger partial charge on any atom is -0.478 e. The summed E-state index contributed by atoms with van der Waals surface area (Å²) in [7, 11) is 0. The zero-order valence-corrected chi connectivity index (χ0v) is 9.58. The van der Waals surface area contributed by atoms with Gasteiger partial charge in [0.2, 0.25) is 0 Å². The molecule has 4 heteroatoms. The number of halogens is 2. The van der Waals surface area contributed by atoms with Crippen molar-refractivity contribution >= 4 is 5.97 Å². The maximum Gasteiger partial charge on any atom is 0.336 e. The third kappa shape index (κ3) is 1.97. The van der Waals surface area contributed by atoms with Crippen LogP contribution in [-0.4, -0.2) is 11.1 Å². The van der Waals surface area contributed by atoms with E-state index in [0.717, 1.165) is 6.07 Å². The highest BCUT2D eigenvalue weighted by atomic mass is 19.2. The van der Waals surface area contributed by atoms with E-state index in [1.54, 1.807) is 19.1 Å². The number of rotatable bonds is 2. The molecule has 0 heterocycles. The second kappa shape index (κ2) is 4.56. The van der Waals surface area contributed by atoms with Crippen molar-refractivity contribution in [3.8, 4) is 11.1 Å². The first-order valence-corrected chi connectivity index (χ1v) is 5.29. The molecule has 0 atom stereocenters. The molecule has 1 N–H and O–H groups in total. The van der Waals surface area contributed by atoms with Crippen molar-refractivity contribution in [1.82, 2.24) is 0 Å². The molecule has 0 amide bonds. The average Bonchev–Trinajstić information content (AvgIpc) is 2.32. The van der Waals surface area contributed by atoms with E-state index >= 15 is 0 Å². The number of aromatic carboxylic acids is 1. The predicted molar refractivity (Wildman–Crippen MR) is 63.5 cm³/mol. The van der Waals surface area contributed by atoms with Gasteiger partial charge in [-0.25, -0.2) is 13.6 Å². The molecule has 2 nitrogen and oxygen atoms in total. The lowest BCUT2D eigenvalue weighted by Crippen LogP contribution is -2.03. The quantitative estimate of drug-likeness (QED) is 0.880.